The summed E-state index contributed by atoms with van der Waals surface area (Å²) in [6.07, 6.45) is 0. The smallest absolute Gasteiger partial charge is 0.293 e. The number of benzene rings is 2. The zero-order valence-corrected chi connectivity index (χ0v) is 17.5. The Bertz CT molecular complexity index is 1030. The van der Waals surface area contributed by atoms with Gasteiger partial charge in [0.2, 0.25) is 0 Å². The van der Waals surface area contributed by atoms with E-state index in [2.05, 4.69) is 27.5 Å². The number of piperazine rings is 1. The number of anilines is 2. The maximum absolute atomic E-state index is 12.5. The summed E-state index contributed by atoms with van der Waals surface area (Å²) in [7, 11) is 2.10. The standard InChI is InChI=1S/C21H21ClN4O2S/c1-25-9-11-26(12-10-25)19-15(22)6-4-7-16(19)23-21(29)24-20(27)18-13-14-5-2-3-8-17(14)28-18/h2-8,13H,9-12H2,1H3,(H2,23,24,27,29). The van der Waals surface area contributed by atoms with Crippen molar-refractivity contribution in [1.29, 1.82) is 0 Å². The summed E-state index contributed by atoms with van der Waals surface area (Å²) < 4.78 is 5.60. The van der Waals surface area contributed by atoms with Crippen LogP contribution in [0.1, 0.15) is 10.6 Å². The normalized spacial score (nSPS) is 14.8. The first-order valence-corrected chi connectivity index (χ1v) is 10.1. The van der Waals surface area contributed by atoms with Gasteiger partial charge < -0.3 is 19.5 Å². The Labute approximate surface area is 179 Å². The van der Waals surface area contributed by atoms with E-state index in [9.17, 15) is 4.79 Å². The minimum absolute atomic E-state index is 0.188. The molecule has 1 aromatic heterocycles. The van der Waals surface area contributed by atoms with Crippen LogP contribution < -0.4 is 15.5 Å². The molecule has 0 spiro atoms. The highest BCUT2D eigenvalue weighted by Gasteiger charge is 2.21. The molecule has 2 aromatic carbocycles. The van der Waals surface area contributed by atoms with Crippen molar-refractivity contribution in [2.24, 2.45) is 0 Å². The zero-order valence-electron chi connectivity index (χ0n) is 15.9. The molecular formula is C21H21ClN4O2S. The number of hydrogen-bond acceptors (Lipinski definition) is 5. The second kappa shape index (κ2) is 8.41. The first kappa shape index (κ1) is 19.7. The number of likely N-dealkylation sites (N-methyl/N-ethyl adjacent to an activating group) is 1. The summed E-state index contributed by atoms with van der Waals surface area (Å²) in [5.41, 5.74) is 2.31. The molecule has 0 saturated carbocycles. The van der Waals surface area contributed by atoms with Gasteiger partial charge in [-0.2, -0.15) is 0 Å². The van der Waals surface area contributed by atoms with Crippen LogP contribution in [0.5, 0.6) is 0 Å². The van der Waals surface area contributed by atoms with Crippen LogP contribution in [0.25, 0.3) is 11.0 Å². The fraction of sp³-hybridized carbons (Fsp3) is 0.238. The van der Waals surface area contributed by atoms with Crippen molar-refractivity contribution < 1.29 is 9.21 Å². The minimum atomic E-state index is -0.401. The average molecular weight is 429 g/mol. The fourth-order valence-corrected chi connectivity index (χ4v) is 3.88. The highest BCUT2D eigenvalue weighted by molar-refractivity contribution is 7.80. The van der Waals surface area contributed by atoms with Crippen molar-refractivity contribution in [2.45, 2.75) is 0 Å². The Kier molecular flexibility index (Phi) is 5.71. The number of halogens is 1. The third kappa shape index (κ3) is 4.37. The second-order valence-corrected chi connectivity index (χ2v) is 7.80. The lowest BCUT2D eigenvalue weighted by Crippen LogP contribution is -2.45. The predicted octanol–water partition coefficient (Wildman–Crippen LogP) is 3.96. The third-order valence-corrected chi connectivity index (χ3v) is 5.44. The molecule has 1 aliphatic rings. The molecule has 8 heteroatoms. The summed E-state index contributed by atoms with van der Waals surface area (Å²) in [6.45, 7) is 3.65. The van der Waals surface area contributed by atoms with Crippen LogP contribution in [0.15, 0.2) is 52.9 Å². The number of nitrogens with one attached hydrogen (secondary N) is 2. The molecule has 2 N–H and O–H groups in total. The van der Waals surface area contributed by atoms with E-state index in [1.807, 2.05) is 42.5 Å². The first-order chi connectivity index (χ1) is 14.0. The molecule has 0 aliphatic carbocycles. The highest BCUT2D eigenvalue weighted by atomic mass is 35.5. The topological polar surface area (TPSA) is 60.8 Å². The number of hydrogen-bond donors (Lipinski definition) is 2. The molecule has 4 rings (SSSR count). The number of carbonyl (C=O) groups excluding carboxylic acids is 1. The Morgan fingerprint density at radius 1 is 1.10 bits per heavy atom. The van der Waals surface area contributed by atoms with Gasteiger partial charge >= 0.3 is 0 Å². The lowest BCUT2D eigenvalue weighted by Gasteiger charge is -2.35. The molecule has 150 valence electrons. The molecule has 0 unspecified atom stereocenters. The van der Waals surface area contributed by atoms with Crippen molar-refractivity contribution >= 4 is 57.2 Å². The first-order valence-electron chi connectivity index (χ1n) is 9.34. The Morgan fingerprint density at radius 3 is 2.62 bits per heavy atom. The average Bonchev–Trinajstić information content (AvgIpc) is 3.14. The van der Waals surface area contributed by atoms with Crippen LogP contribution in [0, 0.1) is 0 Å². The minimum Gasteiger partial charge on any atom is -0.451 e. The molecule has 2 heterocycles. The van der Waals surface area contributed by atoms with E-state index in [1.165, 1.54) is 0 Å². The van der Waals surface area contributed by atoms with Gasteiger partial charge in [-0.1, -0.05) is 35.9 Å². The fourth-order valence-electron chi connectivity index (χ4n) is 3.38. The molecule has 1 saturated heterocycles. The summed E-state index contributed by atoms with van der Waals surface area (Å²) in [5, 5.41) is 7.49. The highest BCUT2D eigenvalue weighted by Crippen LogP contribution is 2.34. The van der Waals surface area contributed by atoms with Crippen LogP contribution in [-0.2, 0) is 0 Å². The van der Waals surface area contributed by atoms with E-state index < -0.39 is 5.91 Å². The molecule has 6 nitrogen and oxygen atoms in total. The molecule has 0 bridgehead atoms. The van der Waals surface area contributed by atoms with Crippen molar-refractivity contribution in [3.8, 4) is 0 Å². The number of thiocarbonyl (C=S) groups is 1. The number of fused-ring (bicyclic) bond motifs is 1. The molecule has 0 radical (unpaired) electrons. The summed E-state index contributed by atoms with van der Waals surface area (Å²) >= 11 is 11.8. The number of para-hydroxylation sites is 2. The van der Waals surface area contributed by atoms with Crippen LogP contribution in [0.3, 0.4) is 0 Å². The van der Waals surface area contributed by atoms with E-state index in [1.54, 1.807) is 6.07 Å². The maximum Gasteiger partial charge on any atom is 0.293 e. The van der Waals surface area contributed by atoms with Crippen LogP contribution in [-0.4, -0.2) is 49.1 Å². The van der Waals surface area contributed by atoms with Gasteiger partial charge in [0.25, 0.3) is 5.91 Å². The van der Waals surface area contributed by atoms with E-state index in [-0.39, 0.29) is 10.9 Å². The quantitative estimate of drug-likeness (QED) is 0.616. The molecular weight excluding hydrogens is 408 g/mol. The molecule has 0 atom stereocenters. The number of carbonyl (C=O) groups is 1. The van der Waals surface area contributed by atoms with E-state index in [0.29, 0.717) is 10.6 Å². The molecule has 29 heavy (non-hydrogen) atoms. The van der Waals surface area contributed by atoms with Gasteiger partial charge in [0.1, 0.15) is 5.58 Å². The number of furan rings is 1. The maximum atomic E-state index is 12.5. The number of nitrogens with zero attached hydrogens (tertiary/aromatic N) is 2. The summed E-state index contributed by atoms with van der Waals surface area (Å²) in [4.78, 5) is 17.0. The Morgan fingerprint density at radius 2 is 1.86 bits per heavy atom. The van der Waals surface area contributed by atoms with Crippen LogP contribution >= 0.6 is 23.8 Å². The number of rotatable bonds is 3. The monoisotopic (exact) mass is 428 g/mol. The van der Waals surface area contributed by atoms with Crippen molar-refractivity contribution in [2.75, 3.05) is 43.4 Å². The van der Waals surface area contributed by atoms with Crippen LogP contribution in [0.4, 0.5) is 11.4 Å². The summed E-state index contributed by atoms with van der Waals surface area (Å²) in [5.74, 6) is -0.192. The predicted molar refractivity (Wildman–Crippen MR) is 121 cm³/mol. The molecule has 1 amide bonds. The summed E-state index contributed by atoms with van der Waals surface area (Å²) in [6, 6.07) is 14.8. The zero-order chi connectivity index (χ0) is 20.4. The van der Waals surface area contributed by atoms with Crippen molar-refractivity contribution in [1.82, 2.24) is 10.2 Å². The lowest BCUT2D eigenvalue weighted by atomic mass is 10.2. The number of amides is 1. The van der Waals surface area contributed by atoms with Gasteiger partial charge in [0.05, 0.1) is 16.4 Å². The van der Waals surface area contributed by atoms with Gasteiger partial charge in [0.15, 0.2) is 10.9 Å². The van der Waals surface area contributed by atoms with Gasteiger partial charge in [-0.25, -0.2) is 0 Å². The lowest BCUT2D eigenvalue weighted by molar-refractivity contribution is 0.0953. The molecule has 3 aromatic rings. The van der Waals surface area contributed by atoms with Crippen LogP contribution in [0.2, 0.25) is 5.02 Å². The SMILES string of the molecule is CN1CCN(c2c(Cl)cccc2NC(=S)NC(=O)c2cc3ccccc3o2)CC1. The van der Waals surface area contributed by atoms with Gasteiger partial charge in [-0.3, -0.25) is 10.1 Å². The van der Waals surface area contributed by atoms with E-state index in [0.717, 1.165) is 42.9 Å². The van der Waals surface area contributed by atoms with E-state index >= 15 is 0 Å². The van der Waals surface area contributed by atoms with Gasteiger partial charge in [-0.05, 0) is 43.5 Å². The van der Waals surface area contributed by atoms with Crippen molar-refractivity contribution in [3.05, 3.63) is 59.3 Å². The Balaban J connectivity index is 1.48. The van der Waals surface area contributed by atoms with Gasteiger partial charge in [-0.15, -0.1) is 0 Å². The third-order valence-electron chi connectivity index (χ3n) is 4.93. The molecule has 1 aliphatic heterocycles. The van der Waals surface area contributed by atoms with Gasteiger partial charge in [0, 0.05) is 31.6 Å². The van der Waals surface area contributed by atoms with Crippen molar-refractivity contribution in [3.63, 3.8) is 0 Å². The Hall–Kier alpha value is -2.61. The largest absolute Gasteiger partial charge is 0.451 e. The molecule has 1 fully saturated rings. The second-order valence-electron chi connectivity index (χ2n) is 6.98. The van der Waals surface area contributed by atoms with E-state index in [4.69, 9.17) is 28.2 Å².